The largest absolute Gasteiger partial charge is 0.469 e. The lowest BCUT2D eigenvalue weighted by molar-refractivity contribution is -0.155. The first-order chi connectivity index (χ1) is 6.24. The highest BCUT2D eigenvalue weighted by atomic mass is 16.5. The van der Waals surface area contributed by atoms with Crippen molar-refractivity contribution in [3.8, 4) is 0 Å². The van der Waals surface area contributed by atoms with Crippen LogP contribution in [0.3, 0.4) is 0 Å². The summed E-state index contributed by atoms with van der Waals surface area (Å²) in [6.07, 6.45) is 1.28. The lowest BCUT2D eigenvalue weighted by Crippen LogP contribution is -2.61. The second kappa shape index (κ2) is 3.10. The zero-order valence-electron chi connectivity index (χ0n) is 7.58. The third kappa shape index (κ3) is 1.25. The quantitative estimate of drug-likeness (QED) is 0.568. The predicted octanol–water partition coefficient (Wildman–Crippen LogP) is -0.274. The van der Waals surface area contributed by atoms with E-state index in [1.165, 1.54) is 7.11 Å². The molecule has 0 aromatic carbocycles. The van der Waals surface area contributed by atoms with Gasteiger partial charge in [-0.3, -0.25) is 9.59 Å². The van der Waals surface area contributed by atoms with Gasteiger partial charge in [0.25, 0.3) is 0 Å². The number of piperidine rings is 1. The van der Waals surface area contributed by atoms with Gasteiger partial charge in [0, 0.05) is 24.9 Å². The van der Waals surface area contributed by atoms with Crippen LogP contribution in [0.4, 0.5) is 0 Å². The average Bonchev–Trinajstić information content (AvgIpc) is 2.08. The van der Waals surface area contributed by atoms with Gasteiger partial charge in [-0.05, 0) is 6.42 Å². The molecule has 1 aliphatic heterocycles. The maximum atomic E-state index is 11.3. The number of hydrogen-bond acceptors (Lipinski definition) is 4. The van der Waals surface area contributed by atoms with Crippen LogP contribution in [-0.4, -0.2) is 31.4 Å². The van der Waals surface area contributed by atoms with Crippen LogP contribution < -0.4 is 5.32 Å². The molecule has 1 saturated carbocycles. The van der Waals surface area contributed by atoms with Crippen molar-refractivity contribution in [3.05, 3.63) is 0 Å². The summed E-state index contributed by atoms with van der Waals surface area (Å²) in [6.45, 7) is 0.702. The van der Waals surface area contributed by atoms with Gasteiger partial charge in [0.15, 0.2) is 0 Å². The molecule has 1 aliphatic carbocycles. The Hall–Kier alpha value is -0.900. The SMILES string of the molecule is COC(=O)[C@@H]1C[C@H]2C(=O)CCN[C@H]21. The van der Waals surface area contributed by atoms with Gasteiger partial charge < -0.3 is 10.1 Å². The normalized spacial score (nSPS) is 37.6. The molecule has 0 aromatic rings. The fourth-order valence-electron chi connectivity index (χ4n) is 2.21. The number of esters is 1. The minimum atomic E-state index is -0.191. The van der Waals surface area contributed by atoms with Crippen molar-refractivity contribution in [1.29, 1.82) is 0 Å². The molecule has 1 heterocycles. The highest BCUT2D eigenvalue weighted by molar-refractivity contribution is 5.87. The van der Waals surface area contributed by atoms with Crippen LogP contribution >= 0.6 is 0 Å². The lowest BCUT2D eigenvalue weighted by atomic mass is 9.65. The Morgan fingerprint density at radius 3 is 3.08 bits per heavy atom. The monoisotopic (exact) mass is 183 g/mol. The van der Waals surface area contributed by atoms with E-state index in [2.05, 4.69) is 10.1 Å². The van der Waals surface area contributed by atoms with Gasteiger partial charge in [0.05, 0.1) is 13.0 Å². The summed E-state index contributed by atoms with van der Waals surface area (Å²) in [4.78, 5) is 22.5. The summed E-state index contributed by atoms with van der Waals surface area (Å²) in [5.74, 6) is 0.0736. The van der Waals surface area contributed by atoms with Crippen LogP contribution in [0.1, 0.15) is 12.8 Å². The number of rotatable bonds is 1. The van der Waals surface area contributed by atoms with Crippen LogP contribution in [0, 0.1) is 11.8 Å². The van der Waals surface area contributed by atoms with E-state index in [-0.39, 0.29) is 23.8 Å². The molecule has 1 saturated heterocycles. The maximum Gasteiger partial charge on any atom is 0.310 e. The molecule has 72 valence electrons. The minimum Gasteiger partial charge on any atom is -0.469 e. The number of carbonyl (C=O) groups excluding carboxylic acids is 2. The Morgan fingerprint density at radius 2 is 2.38 bits per heavy atom. The Balaban J connectivity index is 2.00. The molecule has 0 unspecified atom stereocenters. The van der Waals surface area contributed by atoms with Crippen molar-refractivity contribution < 1.29 is 14.3 Å². The first-order valence-corrected chi connectivity index (χ1v) is 4.58. The van der Waals surface area contributed by atoms with Crippen LogP contribution in [0.2, 0.25) is 0 Å². The molecule has 0 bridgehead atoms. The van der Waals surface area contributed by atoms with E-state index in [9.17, 15) is 9.59 Å². The van der Waals surface area contributed by atoms with Gasteiger partial charge in [-0.2, -0.15) is 0 Å². The zero-order chi connectivity index (χ0) is 9.42. The van der Waals surface area contributed by atoms with Crippen molar-refractivity contribution in [1.82, 2.24) is 5.32 Å². The van der Waals surface area contributed by atoms with Gasteiger partial charge >= 0.3 is 5.97 Å². The molecule has 2 fully saturated rings. The minimum absolute atomic E-state index is 0.0497. The summed E-state index contributed by atoms with van der Waals surface area (Å²) in [5.41, 5.74) is 0. The molecule has 0 amide bonds. The second-order valence-electron chi connectivity index (χ2n) is 3.67. The maximum absolute atomic E-state index is 11.3. The third-order valence-electron chi connectivity index (χ3n) is 3.04. The van der Waals surface area contributed by atoms with Crippen molar-refractivity contribution in [3.63, 3.8) is 0 Å². The number of methoxy groups -OCH3 is 1. The van der Waals surface area contributed by atoms with Crippen molar-refractivity contribution in [2.45, 2.75) is 18.9 Å². The fraction of sp³-hybridized carbons (Fsp3) is 0.778. The first-order valence-electron chi connectivity index (χ1n) is 4.58. The number of ketones is 1. The molecule has 3 atom stereocenters. The molecule has 4 nitrogen and oxygen atoms in total. The Morgan fingerprint density at radius 1 is 1.62 bits per heavy atom. The number of nitrogens with one attached hydrogen (secondary N) is 1. The van der Waals surface area contributed by atoms with Gasteiger partial charge in [0.2, 0.25) is 0 Å². The van der Waals surface area contributed by atoms with Crippen molar-refractivity contribution >= 4 is 11.8 Å². The standard InChI is InChI=1S/C9H13NO3/c1-13-9(12)6-4-5-7(11)2-3-10-8(5)6/h5-6,8,10H,2-4H2,1H3/t5-,6+,8+/m0/s1. The van der Waals surface area contributed by atoms with E-state index >= 15 is 0 Å². The molecule has 2 aliphatic rings. The van der Waals surface area contributed by atoms with E-state index in [4.69, 9.17) is 0 Å². The molecule has 1 N–H and O–H groups in total. The third-order valence-corrected chi connectivity index (χ3v) is 3.04. The number of carbonyl (C=O) groups is 2. The van der Waals surface area contributed by atoms with Crippen LogP contribution in [-0.2, 0) is 14.3 Å². The number of ether oxygens (including phenoxy) is 1. The topological polar surface area (TPSA) is 55.4 Å². The van der Waals surface area contributed by atoms with Crippen LogP contribution in [0.5, 0.6) is 0 Å². The average molecular weight is 183 g/mol. The number of Topliss-reactive ketones (excluding diaryl/α,β-unsaturated/α-hetero) is 1. The van der Waals surface area contributed by atoms with Crippen molar-refractivity contribution in [2.75, 3.05) is 13.7 Å². The molecule has 4 heteroatoms. The summed E-state index contributed by atoms with van der Waals surface area (Å²) in [5, 5.41) is 3.19. The number of fused-ring (bicyclic) bond motifs is 1. The van der Waals surface area contributed by atoms with E-state index in [0.717, 1.165) is 0 Å². The van der Waals surface area contributed by atoms with E-state index in [1.807, 2.05) is 0 Å². The van der Waals surface area contributed by atoms with Gasteiger partial charge in [-0.15, -0.1) is 0 Å². The first kappa shape index (κ1) is 8.69. The van der Waals surface area contributed by atoms with Crippen molar-refractivity contribution in [2.24, 2.45) is 11.8 Å². The van der Waals surface area contributed by atoms with E-state index < -0.39 is 0 Å². The summed E-state index contributed by atoms with van der Waals surface area (Å²) < 4.78 is 4.65. The fourth-order valence-corrected chi connectivity index (χ4v) is 2.21. The highest BCUT2D eigenvalue weighted by Crippen LogP contribution is 2.38. The van der Waals surface area contributed by atoms with E-state index in [0.29, 0.717) is 25.2 Å². The zero-order valence-corrected chi connectivity index (χ0v) is 7.58. The van der Waals surface area contributed by atoms with Gasteiger partial charge in [-0.1, -0.05) is 0 Å². The highest BCUT2D eigenvalue weighted by Gasteiger charge is 2.50. The summed E-state index contributed by atoms with van der Waals surface area (Å²) in [6, 6.07) is 0.0497. The molecule has 0 spiro atoms. The molecule has 13 heavy (non-hydrogen) atoms. The predicted molar refractivity (Wildman–Crippen MR) is 45.0 cm³/mol. The smallest absolute Gasteiger partial charge is 0.310 e. The Bertz CT molecular complexity index is 251. The molecule has 0 radical (unpaired) electrons. The molecular formula is C9H13NO3. The molecule has 0 aromatic heterocycles. The molecular weight excluding hydrogens is 170 g/mol. The Labute approximate surface area is 76.6 Å². The summed E-state index contributed by atoms with van der Waals surface area (Å²) in [7, 11) is 1.39. The van der Waals surface area contributed by atoms with Crippen LogP contribution in [0.25, 0.3) is 0 Å². The summed E-state index contributed by atoms with van der Waals surface area (Å²) >= 11 is 0. The number of hydrogen-bond donors (Lipinski definition) is 1. The van der Waals surface area contributed by atoms with Crippen LogP contribution in [0.15, 0.2) is 0 Å². The molecule has 2 rings (SSSR count). The lowest BCUT2D eigenvalue weighted by Gasteiger charge is -2.45. The second-order valence-corrected chi connectivity index (χ2v) is 3.67. The Kier molecular flexibility index (Phi) is 2.07. The van der Waals surface area contributed by atoms with Gasteiger partial charge in [-0.25, -0.2) is 0 Å². The van der Waals surface area contributed by atoms with Gasteiger partial charge in [0.1, 0.15) is 5.78 Å². The van der Waals surface area contributed by atoms with E-state index in [1.54, 1.807) is 0 Å².